The normalized spacial score (nSPS) is 17.4. The molecule has 1 N–H and O–H groups in total. The van der Waals surface area contributed by atoms with Gasteiger partial charge in [0.15, 0.2) is 0 Å². The van der Waals surface area contributed by atoms with Crippen molar-refractivity contribution in [1.82, 2.24) is 5.32 Å². The van der Waals surface area contributed by atoms with E-state index in [-0.39, 0.29) is 17.4 Å². The van der Waals surface area contributed by atoms with Gasteiger partial charge in [-0.05, 0) is 44.0 Å². The average molecular weight is 286 g/mol. The number of piperidine rings is 1. The number of nitrogens with zero attached hydrogens (tertiary/aromatic N) is 1. The van der Waals surface area contributed by atoms with Crippen LogP contribution in [0, 0.1) is 11.7 Å². The van der Waals surface area contributed by atoms with Crippen molar-refractivity contribution in [2.24, 2.45) is 5.92 Å². The van der Waals surface area contributed by atoms with Gasteiger partial charge in [-0.1, -0.05) is 12.1 Å². The van der Waals surface area contributed by atoms with Gasteiger partial charge in [-0.3, -0.25) is 4.31 Å². The van der Waals surface area contributed by atoms with Gasteiger partial charge in [-0.25, -0.2) is 12.8 Å². The molecule has 1 aromatic rings. The average Bonchev–Trinajstić information content (AvgIpc) is 2.39. The SMILES string of the molecule is CN(c1ccccc1F)S(=O)(=O)CC1CCNCC1. The number of halogens is 1. The lowest BCUT2D eigenvalue weighted by molar-refractivity contribution is 0.401. The summed E-state index contributed by atoms with van der Waals surface area (Å²) in [5, 5.41) is 3.20. The summed E-state index contributed by atoms with van der Waals surface area (Å²) < 4.78 is 39.3. The monoisotopic (exact) mass is 286 g/mol. The van der Waals surface area contributed by atoms with Gasteiger partial charge in [0.05, 0.1) is 11.4 Å². The van der Waals surface area contributed by atoms with Crippen LogP contribution in [0.4, 0.5) is 10.1 Å². The summed E-state index contributed by atoms with van der Waals surface area (Å²) >= 11 is 0. The molecular weight excluding hydrogens is 267 g/mol. The molecule has 0 spiro atoms. The van der Waals surface area contributed by atoms with E-state index in [9.17, 15) is 12.8 Å². The molecule has 0 aromatic heterocycles. The maximum absolute atomic E-state index is 13.6. The fourth-order valence-corrected chi connectivity index (χ4v) is 3.92. The number of hydrogen-bond acceptors (Lipinski definition) is 3. The van der Waals surface area contributed by atoms with E-state index in [1.54, 1.807) is 12.1 Å². The largest absolute Gasteiger partial charge is 0.317 e. The lowest BCUT2D eigenvalue weighted by Gasteiger charge is -2.26. The third kappa shape index (κ3) is 3.45. The lowest BCUT2D eigenvalue weighted by atomic mass is 10.0. The van der Waals surface area contributed by atoms with Crippen LogP contribution in [0.15, 0.2) is 24.3 Å². The molecule has 2 rings (SSSR count). The molecule has 1 aliphatic heterocycles. The Morgan fingerprint density at radius 3 is 2.58 bits per heavy atom. The fourth-order valence-electron chi connectivity index (χ4n) is 2.31. The Morgan fingerprint density at radius 2 is 1.95 bits per heavy atom. The van der Waals surface area contributed by atoms with Crippen molar-refractivity contribution < 1.29 is 12.8 Å². The topological polar surface area (TPSA) is 49.4 Å². The molecular formula is C13H19FN2O2S. The summed E-state index contributed by atoms with van der Waals surface area (Å²) in [5.41, 5.74) is 0.108. The molecule has 0 aliphatic carbocycles. The molecule has 0 amide bonds. The number of rotatable bonds is 4. The van der Waals surface area contributed by atoms with Crippen LogP contribution in [0.3, 0.4) is 0 Å². The standard InChI is InChI=1S/C13H19FN2O2S/c1-16(13-5-3-2-4-12(13)14)19(17,18)10-11-6-8-15-9-7-11/h2-5,11,15H,6-10H2,1H3. The zero-order valence-corrected chi connectivity index (χ0v) is 11.8. The Morgan fingerprint density at radius 1 is 1.32 bits per heavy atom. The fraction of sp³-hybridized carbons (Fsp3) is 0.538. The van der Waals surface area contributed by atoms with Crippen LogP contribution < -0.4 is 9.62 Å². The Labute approximate surface area is 113 Å². The molecule has 0 bridgehead atoms. The van der Waals surface area contributed by atoms with Crippen molar-refractivity contribution in [3.63, 3.8) is 0 Å². The van der Waals surface area contributed by atoms with E-state index < -0.39 is 15.8 Å². The summed E-state index contributed by atoms with van der Waals surface area (Å²) in [6.45, 7) is 1.70. The maximum Gasteiger partial charge on any atom is 0.235 e. The molecule has 4 nitrogen and oxygen atoms in total. The molecule has 106 valence electrons. The van der Waals surface area contributed by atoms with Crippen molar-refractivity contribution in [2.75, 3.05) is 30.2 Å². The number of anilines is 1. The molecule has 0 saturated carbocycles. The van der Waals surface area contributed by atoms with Gasteiger partial charge in [-0.2, -0.15) is 0 Å². The predicted octanol–water partition coefficient (Wildman–Crippen LogP) is 1.59. The zero-order chi connectivity index (χ0) is 13.9. The van der Waals surface area contributed by atoms with Gasteiger partial charge in [0.2, 0.25) is 10.0 Å². The summed E-state index contributed by atoms with van der Waals surface area (Å²) in [6, 6.07) is 5.93. The molecule has 0 radical (unpaired) electrons. The third-order valence-electron chi connectivity index (χ3n) is 3.51. The zero-order valence-electron chi connectivity index (χ0n) is 11.0. The smallest absolute Gasteiger partial charge is 0.235 e. The second-order valence-corrected chi connectivity index (χ2v) is 6.94. The highest BCUT2D eigenvalue weighted by Gasteiger charge is 2.26. The Balaban J connectivity index is 2.12. The van der Waals surface area contributed by atoms with Crippen molar-refractivity contribution in [3.05, 3.63) is 30.1 Å². The molecule has 1 heterocycles. The number of hydrogen-bond donors (Lipinski definition) is 1. The quantitative estimate of drug-likeness (QED) is 0.914. The molecule has 1 aromatic carbocycles. The van der Waals surface area contributed by atoms with E-state index in [0.29, 0.717) is 0 Å². The van der Waals surface area contributed by atoms with Crippen LogP contribution in [0.2, 0.25) is 0 Å². The van der Waals surface area contributed by atoms with Gasteiger partial charge in [0.25, 0.3) is 0 Å². The van der Waals surface area contributed by atoms with Crippen molar-refractivity contribution in [2.45, 2.75) is 12.8 Å². The highest BCUT2D eigenvalue weighted by atomic mass is 32.2. The van der Waals surface area contributed by atoms with Crippen LogP contribution in [0.25, 0.3) is 0 Å². The summed E-state index contributed by atoms with van der Waals surface area (Å²) in [4.78, 5) is 0. The van der Waals surface area contributed by atoms with Crippen LogP contribution in [0.1, 0.15) is 12.8 Å². The van der Waals surface area contributed by atoms with E-state index in [2.05, 4.69) is 5.32 Å². The number of benzene rings is 1. The molecule has 19 heavy (non-hydrogen) atoms. The minimum atomic E-state index is -3.47. The molecule has 0 unspecified atom stereocenters. The first-order chi connectivity index (χ1) is 9.00. The first kappa shape index (κ1) is 14.3. The minimum Gasteiger partial charge on any atom is -0.317 e. The van der Waals surface area contributed by atoms with E-state index in [0.717, 1.165) is 30.2 Å². The maximum atomic E-state index is 13.6. The van der Waals surface area contributed by atoms with E-state index >= 15 is 0 Å². The minimum absolute atomic E-state index is 0.0829. The Hall–Kier alpha value is -1.14. The second kappa shape index (κ2) is 5.88. The summed E-state index contributed by atoms with van der Waals surface area (Å²) in [5.74, 6) is -0.279. The molecule has 1 fully saturated rings. The van der Waals surface area contributed by atoms with Gasteiger partial charge >= 0.3 is 0 Å². The highest BCUT2D eigenvalue weighted by molar-refractivity contribution is 7.92. The van der Waals surface area contributed by atoms with Gasteiger partial charge in [0.1, 0.15) is 5.82 Å². The molecule has 6 heteroatoms. The number of para-hydroxylation sites is 1. The molecule has 0 atom stereocenters. The Kier molecular flexibility index (Phi) is 4.42. The van der Waals surface area contributed by atoms with Gasteiger partial charge in [0, 0.05) is 7.05 Å². The van der Waals surface area contributed by atoms with E-state index in [1.807, 2.05) is 0 Å². The number of sulfonamides is 1. The van der Waals surface area contributed by atoms with E-state index in [4.69, 9.17) is 0 Å². The third-order valence-corrected chi connectivity index (χ3v) is 5.44. The first-order valence-corrected chi connectivity index (χ1v) is 8.03. The van der Waals surface area contributed by atoms with Crippen LogP contribution in [-0.2, 0) is 10.0 Å². The highest BCUT2D eigenvalue weighted by Crippen LogP contribution is 2.23. The van der Waals surface area contributed by atoms with Crippen LogP contribution in [-0.4, -0.2) is 34.3 Å². The second-order valence-electron chi connectivity index (χ2n) is 4.89. The lowest BCUT2D eigenvalue weighted by Crippen LogP contribution is -2.37. The van der Waals surface area contributed by atoms with E-state index in [1.165, 1.54) is 19.2 Å². The van der Waals surface area contributed by atoms with Crippen molar-refractivity contribution in [1.29, 1.82) is 0 Å². The van der Waals surface area contributed by atoms with Crippen molar-refractivity contribution in [3.8, 4) is 0 Å². The van der Waals surface area contributed by atoms with Crippen LogP contribution in [0.5, 0.6) is 0 Å². The van der Waals surface area contributed by atoms with Crippen molar-refractivity contribution >= 4 is 15.7 Å². The Bertz CT molecular complexity index is 527. The summed E-state index contributed by atoms with van der Waals surface area (Å²) in [7, 11) is -2.06. The van der Waals surface area contributed by atoms with Crippen LogP contribution >= 0.6 is 0 Å². The van der Waals surface area contributed by atoms with Gasteiger partial charge < -0.3 is 5.32 Å². The first-order valence-electron chi connectivity index (χ1n) is 6.42. The molecule has 1 saturated heterocycles. The predicted molar refractivity (Wildman–Crippen MR) is 74.2 cm³/mol. The summed E-state index contributed by atoms with van der Waals surface area (Å²) in [6.07, 6.45) is 1.70. The molecule has 1 aliphatic rings. The van der Waals surface area contributed by atoms with Gasteiger partial charge in [-0.15, -0.1) is 0 Å². The number of nitrogens with one attached hydrogen (secondary N) is 1.